The molecule has 29 heavy (non-hydrogen) atoms. The summed E-state index contributed by atoms with van der Waals surface area (Å²) in [5.74, 6) is -0.611. The lowest BCUT2D eigenvalue weighted by atomic mass is 10.1. The van der Waals surface area contributed by atoms with Crippen LogP contribution in [0.25, 0.3) is 0 Å². The topological polar surface area (TPSA) is 87.7 Å². The molecule has 2 N–H and O–H groups in total. The summed E-state index contributed by atoms with van der Waals surface area (Å²) in [6.45, 7) is 3.95. The number of ether oxygens (including phenoxy) is 1. The number of para-hydroxylation sites is 2. The summed E-state index contributed by atoms with van der Waals surface area (Å²) in [5.41, 5.74) is 2.12. The predicted molar refractivity (Wildman–Crippen MR) is 112 cm³/mol. The minimum Gasteiger partial charge on any atom is -0.493 e. The molecule has 0 radical (unpaired) electrons. The number of amides is 3. The lowest BCUT2D eigenvalue weighted by Crippen LogP contribution is -2.41. The van der Waals surface area contributed by atoms with Gasteiger partial charge in [0.1, 0.15) is 5.75 Å². The molecule has 0 unspecified atom stereocenters. The van der Waals surface area contributed by atoms with Crippen molar-refractivity contribution in [2.45, 2.75) is 20.3 Å². The molecule has 7 heteroatoms. The number of aryl methyl sites for hydroxylation is 1. The van der Waals surface area contributed by atoms with Crippen molar-refractivity contribution in [3.8, 4) is 5.75 Å². The maximum absolute atomic E-state index is 12.4. The fourth-order valence-corrected chi connectivity index (χ4v) is 2.77. The van der Waals surface area contributed by atoms with Gasteiger partial charge in [0.05, 0.1) is 25.3 Å². The Balaban J connectivity index is 1.87. The van der Waals surface area contributed by atoms with Crippen LogP contribution in [0.1, 0.15) is 29.8 Å². The van der Waals surface area contributed by atoms with Crippen molar-refractivity contribution >= 4 is 23.4 Å². The van der Waals surface area contributed by atoms with Gasteiger partial charge in [-0.2, -0.15) is 0 Å². The van der Waals surface area contributed by atoms with E-state index >= 15 is 0 Å². The van der Waals surface area contributed by atoms with Gasteiger partial charge in [0.25, 0.3) is 5.91 Å². The Bertz CT molecular complexity index is 867. The van der Waals surface area contributed by atoms with Crippen LogP contribution >= 0.6 is 0 Å². The average molecular weight is 397 g/mol. The summed E-state index contributed by atoms with van der Waals surface area (Å²) in [5, 5.41) is 5.40. The highest BCUT2D eigenvalue weighted by Gasteiger charge is 2.17. The van der Waals surface area contributed by atoms with Crippen molar-refractivity contribution in [2.75, 3.05) is 32.1 Å². The van der Waals surface area contributed by atoms with Crippen LogP contribution in [-0.2, 0) is 16.0 Å². The molecule has 0 saturated heterocycles. The highest BCUT2D eigenvalue weighted by Crippen LogP contribution is 2.17. The van der Waals surface area contributed by atoms with Gasteiger partial charge in [0.2, 0.25) is 11.8 Å². The number of nitrogens with zero attached hydrogens (tertiary/aromatic N) is 1. The highest BCUT2D eigenvalue weighted by molar-refractivity contribution is 5.99. The van der Waals surface area contributed by atoms with E-state index in [4.69, 9.17) is 4.74 Å². The fourth-order valence-electron chi connectivity index (χ4n) is 2.77. The summed E-state index contributed by atoms with van der Waals surface area (Å²) in [6.07, 6.45) is 0.792. The Morgan fingerprint density at radius 3 is 2.41 bits per heavy atom. The van der Waals surface area contributed by atoms with Gasteiger partial charge in [-0.25, -0.2) is 0 Å². The molecule has 0 aliphatic heterocycles. The lowest BCUT2D eigenvalue weighted by Gasteiger charge is -2.18. The first-order chi connectivity index (χ1) is 14.0. The van der Waals surface area contributed by atoms with E-state index in [2.05, 4.69) is 10.6 Å². The van der Waals surface area contributed by atoms with E-state index in [1.54, 1.807) is 24.3 Å². The van der Waals surface area contributed by atoms with Gasteiger partial charge < -0.3 is 20.3 Å². The molecule has 0 heterocycles. The second kappa shape index (κ2) is 10.8. The van der Waals surface area contributed by atoms with E-state index in [9.17, 15) is 14.4 Å². The Hall–Kier alpha value is -3.35. The molecular weight excluding hydrogens is 370 g/mol. The van der Waals surface area contributed by atoms with Crippen LogP contribution in [0.15, 0.2) is 48.5 Å². The second-order valence-electron chi connectivity index (χ2n) is 6.42. The molecule has 0 aromatic heterocycles. The number of carbonyl (C=O) groups is 3. The minimum atomic E-state index is -0.405. The quantitative estimate of drug-likeness (QED) is 0.680. The maximum Gasteiger partial charge on any atom is 0.255 e. The van der Waals surface area contributed by atoms with E-state index in [1.165, 1.54) is 11.9 Å². The summed E-state index contributed by atoms with van der Waals surface area (Å²) in [6, 6.07) is 14.4. The molecule has 0 bridgehead atoms. The molecule has 3 amide bonds. The molecule has 2 rings (SSSR count). The number of hydrogen-bond donors (Lipinski definition) is 2. The average Bonchev–Trinajstić information content (AvgIpc) is 2.72. The van der Waals surface area contributed by atoms with Crippen molar-refractivity contribution < 1.29 is 19.1 Å². The van der Waals surface area contributed by atoms with E-state index in [-0.39, 0.29) is 24.9 Å². The zero-order chi connectivity index (χ0) is 21.2. The molecule has 0 aliphatic carbocycles. The first kappa shape index (κ1) is 21.9. The molecular formula is C22H27N3O4. The first-order valence-electron chi connectivity index (χ1n) is 9.58. The number of carbonyl (C=O) groups excluding carboxylic acids is 3. The molecule has 0 fully saturated rings. The van der Waals surface area contributed by atoms with E-state index < -0.39 is 5.91 Å². The number of likely N-dealkylation sites (N-methyl/N-ethyl adjacent to an activating group) is 1. The number of hydrogen-bond acceptors (Lipinski definition) is 4. The van der Waals surface area contributed by atoms with Crippen molar-refractivity contribution in [3.05, 3.63) is 59.7 Å². The standard InChI is InChI=1S/C22H27N3O4/c1-4-16-10-6-8-12-18(16)24-20(26)15-25(3)21(27)14-23-22(28)17-11-7-9-13-19(17)29-5-2/h6-13H,4-5,14-15H2,1-3H3,(H,23,28)(H,24,26). The van der Waals surface area contributed by atoms with Gasteiger partial charge in [-0.1, -0.05) is 37.3 Å². The fraction of sp³-hybridized carbons (Fsp3) is 0.318. The Kier molecular flexibility index (Phi) is 8.21. The Labute approximate surface area is 171 Å². The SMILES string of the molecule is CCOc1ccccc1C(=O)NCC(=O)N(C)CC(=O)Nc1ccccc1CC. The van der Waals surface area contributed by atoms with Gasteiger partial charge in [-0.05, 0) is 37.1 Å². The van der Waals surface area contributed by atoms with Gasteiger partial charge in [0.15, 0.2) is 0 Å². The van der Waals surface area contributed by atoms with Crippen LogP contribution in [0, 0.1) is 0 Å². The van der Waals surface area contributed by atoms with E-state index in [1.807, 2.05) is 38.1 Å². The number of benzene rings is 2. The lowest BCUT2D eigenvalue weighted by molar-refractivity contribution is -0.132. The van der Waals surface area contributed by atoms with Crippen LogP contribution in [0.2, 0.25) is 0 Å². The Morgan fingerprint density at radius 1 is 1.00 bits per heavy atom. The van der Waals surface area contributed by atoms with E-state index in [0.29, 0.717) is 17.9 Å². The van der Waals surface area contributed by atoms with Crippen LogP contribution in [-0.4, -0.2) is 49.4 Å². The van der Waals surface area contributed by atoms with Crippen LogP contribution in [0.4, 0.5) is 5.69 Å². The predicted octanol–water partition coefficient (Wildman–Crippen LogP) is 2.47. The monoisotopic (exact) mass is 397 g/mol. The molecule has 7 nitrogen and oxygen atoms in total. The highest BCUT2D eigenvalue weighted by atomic mass is 16.5. The van der Waals surface area contributed by atoms with Gasteiger partial charge in [0, 0.05) is 12.7 Å². The number of anilines is 1. The van der Waals surface area contributed by atoms with Gasteiger partial charge in [-0.15, -0.1) is 0 Å². The molecule has 154 valence electrons. The summed E-state index contributed by atoms with van der Waals surface area (Å²) < 4.78 is 5.43. The summed E-state index contributed by atoms with van der Waals surface area (Å²) in [7, 11) is 1.52. The molecule has 2 aromatic carbocycles. The zero-order valence-corrected chi connectivity index (χ0v) is 17.0. The van der Waals surface area contributed by atoms with Gasteiger partial charge in [-0.3, -0.25) is 14.4 Å². The minimum absolute atomic E-state index is 0.109. The molecule has 0 aliphatic rings. The molecule has 0 spiro atoms. The third-order valence-electron chi connectivity index (χ3n) is 4.31. The number of rotatable bonds is 9. The first-order valence-corrected chi connectivity index (χ1v) is 9.58. The van der Waals surface area contributed by atoms with Crippen LogP contribution in [0.3, 0.4) is 0 Å². The Morgan fingerprint density at radius 2 is 1.69 bits per heavy atom. The summed E-state index contributed by atoms with van der Waals surface area (Å²) in [4.78, 5) is 38.2. The smallest absolute Gasteiger partial charge is 0.255 e. The second-order valence-corrected chi connectivity index (χ2v) is 6.42. The third-order valence-corrected chi connectivity index (χ3v) is 4.31. The third kappa shape index (κ3) is 6.34. The summed E-state index contributed by atoms with van der Waals surface area (Å²) >= 11 is 0. The van der Waals surface area contributed by atoms with Crippen molar-refractivity contribution in [1.82, 2.24) is 10.2 Å². The molecule has 0 saturated carbocycles. The van der Waals surface area contributed by atoms with Gasteiger partial charge >= 0.3 is 0 Å². The molecule has 0 atom stereocenters. The maximum atomic E-state index is 12.4. The largest absolute Gasteiger partial charge is 0.493 e. The zero-order valence-electron chi connectivity index (χ0n) is 17.0. The van der Waals surface area contributed by atoms with E-state index in [0.717, 1.165) is 17.7 Å². The normalized spacial score (nSPS) is 10.2. The van der Waals surface area contributed by atoms with Crippen LogP contribution < -0.4 is 15.4 Å². The van der Waals surface area contributed by atoms with Crippen LogP contribution in [0.5, 0.6) is 5.75 Å². The van der Waals surface area contributed by atoms with Crippen molar-refractivity contribution in [2.24, 2.45) is 0 Å². The van der Waals surface area contributed by atoms with Crippen molar-refractivity contribution in [3.63, 3.8) is 0 Å². The van der Waals surface area contributed by atoms with Crippen molar-refractivity contribution in [1.29, 1.82) is 0 Å². The number of nitrogens with one attached hydrogen (secondary N) is 2. The molecule has 2 aromatic rings.